The quantitative estimate of drug-likeness (QED) is 0.920. The number of ether oxygens (including phenoxy) is 1. The van der Waals surface area contributed by atoms with E-state index in [1.54, 1.807) is 21.0 Å². The summed E-state index contributed by atoms with van der Waals surface area (Å²) in [6.07, 6.45) is 2.41. The van der Waals surface area contributed by atoms with Gasteiger partial charge in [-0.15, -0.1) is 0 Å². The minimum atomic E-state index is -0.810. The lowest BCUT2D eigenvalue weighted by Gasteiger charge is -2.21. The number of rotatable bonds is 4. The Morgan fingerprint density at radius 3 is 2.63 bits per heavy atom. The van der Waals surface area contributed by atoms with Crippen LogP contribution < -0.4 is 4.74 Å². The topological polar surface area (TPSA) is 51.5 Å². The van der Waals surface area contributed by atoms with Gasteiger partial charge in [0.05, 0.1) is 18.0 Å². The largest absolute Gasteiger partial charge is 0.496 e. The lowest BCUT2D eigenvalue weighted by molar-refractivity contribution is -0.146. The fourth-order valence-electron chi connectivity index (χ4n) is 2.30. The predicted octanol–water partition coefficient (Wildman–Crippen LogP) is 2.84. The average molecular weight is 261 g/mol. The van der Waals surface area contributed by atoms with Crippen molar-refractivity contribution in [3.63, 3.8) is 0 Å². The number of nitrogens with zero attached hydrogens (tertiary/aromatic N) is 1. The van der Waals surface area contributed by atoms with Gasteiger partial charge in [-0.1, -0.05) is 6.07 Å². The fraction of sp³-hybridized carbons (Fsp3) is 0.400. The van der Waals surface area contributed by atoms with Crippen LogP contribution in [0, 0.1) is 5.41 Å². The summed E-state index contributed by atoms with van der Waals surface area (Å²) in [6.45, 7) is 3.45. The normalized spacial score (nSPS) is 11.8. The number of aromatic nitrogens is 1. The molecular weight excluding hydrogens is 242 g/mol. The van der Waals surface area contributed by atoms with Crippen LogP contribution in [0.3, 0.4) is 0 Å². The first kappa shape index (κ1) is 13.5. The number of carboxylic acid groups (broad SMARTS) is 1. The lowest BCUT2D eigenvalue weighted by Crippen LogP contribution is -2.26. The predicted molar refractivity (Wildman–Crippen MR) is 74.6 cm³/mol. The fourth-order valence-corrected chi connectivity index (χ4v) is 2.30. The summed E-state index contributed by atoms with van der Waals surface area (Å²) in [7, 11) is 3.60. The molecule has 0 bridgehead atoms. The number of benzene rings is 1. The van der Waals surface area contributed by atoms with Crippen LogP contribution in [0.25, 0.3) is 10.9 Å². The first-order chi connectivity index (χ1) is 8.86. The molecule has 0 aliphatic heterocycles. The van der Waals surface area contributed by atoms with E-state index < -0.39 is 11.4 Å². The Kier molecular flexibility index (Phi) is 3.27. The van der Waals surface area contributed by atoms with Gasteiger partial charge in [-0.05, 0) is 38.0 Å². The van der Waals surface area contributed by atoms with Crippen molar-refractivity contribution in [2.75, 3.05) is 7.11 Å². The molecule has 0 radical (unpaired) electrons. The second-order valence-corrected chi connectivity index (χ2v) is 5.48. The molecule has 102 valence electrons. The van der Waals surface area contributed by atoms with Gasteiger partial charge in [-0.3, -0.25) is 4.79 Å². The van der Waals surface area contributed by atoms with Gasteiger partial charge < -0.3 is 14.4 Å². The first-order valence-corrected chi connectivity index (χ1v) is 6.21. The number of hydrogen-bond donors (Lipinski definition) is 1. The van der Waals surface area contributed by atoms with E-state index in [0.717, 1.165) is 22.2 Å². The third-order valence-electron chi connectivity index (χ3n) is 3.51. The summed E-state index contributed by atoms with van der Waals surface area (Å²) in [5.41, 5.74) is 1.19. The number of carboxylic acids is 1. The average Bonchev–Trinajstić information content (AvgIpc) is 2.70. The van der Waals surface area contributed by atoms with E-state index in [9.17, 15) is 9.90 Å². The highest BCUT2D eigenvalue weighted by Crippen LogP contribution is 2.34. The minimum absolute atomic E-state index is 0.441. The number of methoxy groups -OCH3 is 1. The van der Waals surface area contributed by atoms with Crippen molar-refractivity contribution in [1.82, 2.24) is 4.57 Å². The molecule has 4 nitrogen and oxygen atoms in total. The van der Waals surface area contributed by atoms with E-state index in [1.807, 2.05) is 36.0 Å². The number of hydrogen-bond acceptors (Lipinski definition) is 2. The van der Waals surface area contributed by atoms with Gasteiger partial charge in [0.15, 0.2) is 0 Å². The zero-order valence-electron chi connectivity index (χ0n) is 11.7. The minimum Gasteiger partial charge on any atom is -0.496 e. The zero-order valence-corrected chi connectivity index (χ0v) is 11.7. The molecule has 1 aromatic carbocycles. The van der Waals surface area contributed by atoms with Crippen LogP contribution in [-0.2, 0) is 18.3 Å². The summed E-state index contributed by atoms with van der Waals surface area (Å²) in [4.78, 5) is 11.2. The summed E-state index contributed by atoms with van der Waals surface area (Å²) in [5, 5.41) is 10.3. The van der Waals surface area contributed by atoms with E-state index >= 15 is 0 Å². The van der Waals surface area contributed by atoms with E-state index in [-0.39, 0.29) is 0 Å². The van der Waals surface area contributed by atoms with Gasteiger partial charge in [0.1, 0.15) is 5.75 Å². The molecule has 19 heavy (non-hydrogen) atoms. The Bertz CT molecular complexity index is 626. The summed E-state index contributed by atoms with van der Waals surface area (Å²) >= 11 is 0. The molecule has 0 aliphatic rings. The SMILES string of the molecule is COc1c(CC(C)(C)C(=O)O)ccc2c1ccn2C. The molecule has 0 saturated carbocycles. The molecule has 1 aromatic heterocycles. The number of carbonyl (C=O) groups is 1. The van der Waals surface area contributed by atoms with Gasteiger partial charge in [-0.25, -0.2) is 0 Å². The molecule has 0 saturated heterocycles. The van der Waals surface area contributed by atoms with Crippen molar-refractivity contribution in [2.45, 2.75) is 20.3 Å². The van der Waals surface area contributed by atoms with Crippen LogP contribution in [-0.4, -0.2) is 22.8 Å². The standard InChI is InChI=1S/C15H19NO3/c1-15(2,14(17)18)9-10-5-6-12-11(13(10)19-4)7-8-16(12)3/h5-8H,9H2,1-4H3,(H,17,18). The molecule has 1 heterocycles. The molecule has 0 atom stereocenters. The van der Waals surface area contributed by atoms with Gasteiger partial charge in [0.25, 0.3) is 0 Å². The number of aryl methyl sites for hydroxylation is 1. The Morgan fingerprint density at radius 2 is 2.05 bits per heavy atom. The molecule has 0 unspecified atom stereocenters. The molecule has 1 N–H and O–H groups in total. The molecule has 2 rings (SSSR count). The molecule has 0 spiro atoms. The Morgan fingerprint density at radius 1 is 1.37 bits per heavy atom. The number of aliphatic carboxylic acids is 1. The summed E-state index contributed by atoms with van der Waals surface area (Å²) in [6, 6.07) is 5.95. The monoisotopic (exact) mass is 261 g/mol. The van der Waals surface area contributed by atoms with Gasteiger partial charge in [-0.2, -0.15) is 0 Å². The first-order valence-electron chi connectivity index (χ1n) is 6.21. The maximum atomic E-state index is 11.2. The van der Waals surface area contributed by atoms with Crippen molar-refractivity contribution in [2.24, 2.45) is 12.5 Å². The van der Waals surface area contributed by atoms with Crippen LogP contribution in [0.5, 0.6) is 5.75 Å². The molecule has 0 aliphatic carbocycles. The maximum Gasteiger partial charge on any atom is 0.309 e. The van der Waals surface area contributed by atoms with Crippen molar-refractivity contribution in [3.05, 3.63) is 30.0 Å². The molecule has 4 heteroatoms. The van der Waals surface area contributed by atoms with Gasteiger partial charge in [0.2, 0.25) is 0 Å². The van der Waals surface area contributed by atoms with Crippen molar-refractivity contribution < 1.29 is 14.6 Å². The molecule has 0 fully saturated rings. The van der Waals surface area contributed by atoms with Crippen LogP contribution in [0.2, 0.25) is 0 Å². The third kappa shape index (κ3) is 2.30. The Balaban J connectivity index is 2.52. The zero-order chi connectivity index (χ0) is 14.2. The second-order valence-electron chi connectivity index (χ2n) is 5.48. The van der Waals surface area contributed by atoms with E-state index in [1.165, 1.54) is 0 Å². The summed E-state index contributed by atoms with van der Waals surface area (Å²) in [5.74, 6) is -0.0323. The second kappa shape index (κ2) is 4.61. The van der Waals surface area contributed by atoms with Crippen molar-refractivity contribution in [1.29, 1.82) is 0 Å². The number of fused-ring (bicyclic) bond motifs is 1. The Hall–Kier alpha value is -1.97. The van der Waals surface area contributed by atoms with Crippen LogP contribution >= 0.6 is 0 Å². The van der Waals surface area contributed by atoms with E-state index in [4.69, 9.17) is 4.74 Å². The highest BCUT2D eigenvalue weighted by Gasteiger charge is 2.29. The molecule has 2 aromatic rings. The van der Waals surface area contributed by atoms with E-state index in [0.29, 0.717) is 6.42 Å². The smallest absolute Gasteiger partial charge is 0.309 e. The van der Waals surface area contributed by atoms with Gasteiger partial charge in [0, 0.05) is 18.6 Å². The third-order valence-corrected chi connectivity index (χ3v) is 3.51. The lowest BCUT2D eigenvalue weighted by atomic mass is 9.85. The highest BCUT2D eigenvalue weighted by atomic mass is 16.5. The van der Waals surface area contributed by atoms with E-state index in [2.05, 4.69) is 0 Å². The summed E-state index contributed by atoms with van der Waals surface area (Å²) < 4.78 is 7.51. The van der Waals surface area contributed by atoms with Crippen LogP contribution in [0.1, 0.15) is 19.4 Å². The van der Waals surface area contributed by atoms with Crippen molar-refractivity contribution >= 4 is 16.9 Å². The van der Waals surface area contributed by atoms with Crippen LogP contribution in [0.4, 0.5) is 0 Å². The van der Waals surface area contributed by atoms with Crippen molar-refractivity contribution in [3.8, 4) is 5.75 Å². The Labute approximate surface area is 112 Å². The maximum absolute atomic E-state index is 11.2. The molecule has 0 amide bonds. The highest BCUT2D eigenvalue weighted by molar-refractivity contribution is 5.88. The molecular formula is C15H19NO3. The van der Waals surface area contributed by atoms with Gasteiger partial charge >= 0.3 is 5.97 Å². The van der Waals surface area contributed by atoms with Crippen LogP contribution in [0.15, 0.2) is 24.4 Å².